The van der Waals surface area contributed by atoms with E-state index in [2.05, 4.69) is 82.4 Å². The van der Waals surface area contributed by atoms with Gasteiger partial charge in [0.2, 0.25) is 0 Å². The highest BCUT2D eigenvalue weighted by atomic mass is 14.3. The van der Waals surface area contributed by atoms with E-state index in [-0.39, 0.29) is 5.31 Å². The van der Waals surface area contributed by atoms with Crippen LogP contribution < -0.4 is 0 Å². The Labute approximate surface area is 105 Å². The van der Waals surface area contributed by atoms with Gasteiger partial charge in [-0.2, -0.15) is 0 Å². The SMILES string of the molecule is BC(C)(C)C(c1ccccc1)c1ccccc1. The van der Waals surface area contributed by atoms with Gasteiger partial charge in [0, 0.05) is 5.92 Å². The largest absolute Gasteiger partial charge is 0.110 e. The molecule has 0 aliphatic heterocycles. The monoisotopic (exact) mass is 222 g/mol. The Balaban J connectivity index is 2.48. The summed E-state index contributed by atoms with van der Waals surface area (Å²) in [7, 11) is 2.30. The Morgan fingerprint density at radius 3 is 1.41 bits per heavy atom. The quantitative estimate of drug-likeness (QED) is 0.695. The molecule has 0 fully saturated rings. The number of rotatable bonds is 3. The summed E-state index contributed by atoms with van der Waals surface area (Å²) in [5.41, 5.74) is 2.79. The van der Waals surface area contributed by atoms with Gasteiger partial charge in [0.15, 0.2) is 0 Å². The number of hydrogen-bond donors (Lipinski definition) is 0. The van der Waals surface area contributed by atoms with Crippen molar-refractivity contribution in [3.8, 4) is 0 Å². The summed E-state index contributed by atoms with van der Waals surface area (Å²) in [6, 6.07) is 21.5. The van der Waals surface area contributed by atoms with Crippen LogP contribution in [-0.4, -0.2) is 7.85 Å². The molecule has 0 heterocycles. The zero-order chi connectivity index (χ0) is 12.3. The summed E-state index contributed by atoms with van der Waals surface area (Å²) in [6.45, 7) is 4.61. The van der Waals surface area contributed by atoms with Crippen LogP contribution in [0.2, 0.25) is 5.31 Å². The van der Waals surface area contributed by atoms with Crippen LogP contribution in [0, 0.1) is 0 Å². The lowest BCUT2D eigenvalue weighted by atomic mass is 9.59. The highest BCUT2D eigenvalue weighted by Crippen LogP contribution is 2.43. The number of benzene rings is 2. The maximum absolute atomic E-state index is 2.30. The first-order valence-corrected chi connectivity index (χ1v) is 6.19. The molecule has 2 rings (SSSR count). The van der Waals surface area contributed by atoms with Crippen LogP contribution >= 0.6 is 0 Å². The fourth-order valence-electron chi connectivity index (χ4n) is 2.48. The third-order valence-corrected chi connectivity index (χ3v) is 3.13. The van der Waals surface area contributed by atoms with Crippen LogP contribution in [0.1, 0.15) is 30.9 Å². The van der Waals surface area contributed by atoms with E-state index in [1.807, 2.05) is 0 Å². The molecule has 0 saturated carbocycles. The Hall–Kier alpha value is -1.50. The summed E-state index contributed by atoms with van der Waals surface area (Å²) >= 11 is 0. The summed E-state index contributed by atoms with van der Waals surface area (Å²) in [6.07, 6.45) is 0. The van der Waals surface area contributed by atoms with Crippen molar-refractivity contribution in [2.24, 2.45) is 0 Å². The van der Waals surface area contributed by atoms with E-state index in [9.17, 15) is 0 Å². The average molecular weight is 222 g/mol. The van der Waals surface area contributed by atoms with Crippen LogP contribution in [0.25, 0.3) is 0 Å². The molecular weight excluding hydrogens is 203 g/mol. The van der Waals surface area contributed by atoms with Gasteiger partial charge in [0.1, 0.15) is 7.85 Å². The van der Waals surface area contributed by atoms with E-state index in [0.717, 1.165) is 0 Å². The molecule has 1 heteroatoms. The Morgan fingerprint density at radius 1 is 0.765 bits per heavy atom. The van der Waals surface area contributed by atoms with E-state index < -0.39 is 0 Å². The van der Waals surface area contributed by atoms with Crippen LogP contribution in [0.5, 0.6) is 0 Å². The van der Waals surface area contributed by atoms with Crippen molar-refractivity contribution in [3.05, 3.63) is 71.8 Å². The van der Waals surface area contributed by atoms with Gasteiger partial charge in [-0.15, -0.1) is 0 Å². The maximum Gasteiger partial charge on any atom is 0.110 e. The predicted octanol–water partition coefficient (Wildman–Crippen LogP) is 3.65. The molecule has 0 radical (unpaired) electrons. The Morgan fingerprint density at radius 2 is 1.12 bits per heavy atom. The second-order valence-corrected chi connectivity index (χ2v) is 5.62. The maximum atomic E-state index is 2.30. The molecule has 0 aliphatic rings. The predicted molar refractivity (Wildman–Crippen MR) is 77.3 cm³/mol. The molecule has 0 bridgehead atoms. The summed E-state index contributed by atoms with van der Waals surface area (Å²) in [5.74, 6) is 0.449. The van der Waals surface area contributed by atoms with Gasteiger partial charge < -0.3 is 0 Å². The third kappa shape index (κ3) is 2.79. The second-order valence-electron chi connectivity index (χ2n) is 5.62. The molecule has 0 atom stereocenters. The zero-order valence-corrected chi connectivity index (χ0v) is 10.9. The van der Waals surface area contributed by atoms with Gasteiger partial charge in [-0.3, -0.25) is 0 Å². The van der Waals surface area contributed by atoms with E-state index in [1.54, 1.807) is 0 Å². The first-order chi connectivity index (χ1) is 8.09. The molecule has 2 aromatic carbocycles. The topological polar surface area (TPSA) is 0 Å². The Bertz CT molecular complexity index is 414. The van der Waals surface area contributed by atoms with Crippen molar-refractivity contribution in [3.63, 3.8) is 0 Å². The molecule has 86 valence electrons. The average Bonchev–Trinajstić information content (AvgIpc) is 2.30. The molecule has 0 unspecified atom stereocenters. The lowest BCUT2D eigenvalue weighted by molar-refractivity contribution is 0.590. The molecule has 0 saturated heterocycles. The van der Waals surface area contributed by atoms with Gasteiger partial charge >= 0.3 is 0 Å². The Kier molecular flexibility index (Phi) is 3.37. The molecule has 0 aliphatic carbocycles. The van der Waals surface area contributed by atoms with Gasteiger partial charge in [0.05, 0.1) is 0 Å². The van der Waals surface area contributed by atoms with E-state index >= 15 is 0 Å². The van der Waals surface area contributed by atoms with Gasteiger partial charge in [-0.05, 0) is 11.1 Å². The van der Waals surface area contributed by atoms with Crippen LogP contribution in [0.15, 0.2) is 60.7 Å². The van der Waals surface area contributed by atoms with E-state index in [1.165, 1.54) is 11.1 Å². The summed E-state index contributed by atoms with van der Waals surface area (Å²) < 4.78 is 0. The van der Waals surface area contributed by atoms with Crippen molar-refractivity contribution in [1.82, 2.24) is 0 Å². The lowest BCUT2D eigenvalue weighted by Crippen LogP contribution is -2.16. The van der Waals surface area contributed by atoms with Gasteiger partial charge in [-0.1, -0.05) is 79.8 Å². The molecular formula is C16H19B. The highest BCUT2D eigenvalue weighted by Gasteiger charge is 2.27. The molecule has 0 spiro atoms. The van der Waals surface area contributed by atoms with Crippen molar-refractivity contribution in [1.29, 1.82) is 0 Å². The third-order valence-electron chi connectivity index (χ3n) is 3.13. The minimum absolute atomic E-state index is 0.225. The van der Waals surface area contributed by atoms with Crippen LogP contribution in [0.3, 0.4) is 0 Å². The van der Waals surface area contributed by atoms with E-state index in [0.29, 0.717) is 5.92 Å². The van der Waals surface area contributed by atoms with Gasteiger partial charge in [0.25, 0.3) is 0 Å². The van der Waals surface area contributed by atoms with Crippen LogP contribution in [-0.2, 0) is 0 Å². The highest BCUT2D eigenvalue weighted by molar-refractivity contribution is 6.15. The fourth-order valence-corrected chi connectivity index (χ4v) is 2.48. The van der Waals surface area contributed by atoms with Crippen molar-refractivity contribution in [2.75, 3.05) is 0 Å². The minimum atomic E-state index is 0.225. The fraction of sp³-hybridized carbons (Fsp3) is 0.250. The van der Waals surface area contributed by atoms with Crippen molar-refractivity contribution >= 4 is 7.85 Å². The zero-order valence-electron chi connectivity index (χ0n) is 10.9. The van der Waals surface area contributed by atoms with Crippen molar-refractivity contribution in [2.45, 2.75) is 25.1 Å². The molecule has 17 heavy (non-hydrogen) atoms. The molecule has 0 nitrogen and oxygen atoms in total. The second kappa shape index (κ2) is 4.79. The molecule has 0 amide bonds. The lowest BCUT2D eigenvalue weighted by Gasteiger charge is -2.31. The summed E-state index contributed by atoms with van der Waals surface area (Å²) in [5, 5.41) is 0.225. The minimum Gasteiger partial charge on any atom is -0.0663 e. The first kappa shape index (κ1) is 12.0. The molecule has 0 N–H and O–H groups in total. The van der Waals surface area contributed by atoms with E-state index in [4.69, 9.17) is 0 Å². The first-order valence-electron chi connectivity index (χ1n) is 6.19. The number of hydrogen-bond acceptors (Lipinski definition) is 0. The molecule has 0 aromatic heterocycles. The molecule has 2 aromatic rings. The smallest absolute Gasteiger partial charge is 0.0663 e. The van der Waals surface area contributed by atoms with Gasteiger partial charge in [-0.25, -0.2) is 0 Å². The summed E-state index contributed by atoms with van der Waals surface area (Å²) in [4.78, 5) is 0. The normalized spacial score (nSPS) is 11.7. The standard InChI is InChI=1S/C16H19B/c1-16(2,17)15(13-9-5-3-6-10-13)14-11-7-4-8-12-14/h3-12,15H,17H2,1-2H3. The van der Waals surface area contributed by atoms with Crippen LogP contribution in [0.4, 0.5) is 0 Å². The van der Waals surface area contributed by atoms with Crippen molar-refractivity contribution < 1.29 is 0 Å².